The lowest BCUT2D eigenvalue weighted by molar-refractivity contribution is -0.121. The van der Waals surface area contributed by atoms with Gasteiger partial charge in [-0.3, -0.25) is 9.69 Å². The van der Waals surface area contributed by atoms with Gasteiger partial charge in [-0.15, -0.1) is 0 Å². The monoisotopic (exact) mass is 241 g/mol. The molecule has 0 saturated carbocycles. The van der Waals surface area contributed by atoms with Crippen molar-refractivity contribution in [2.45, 2.75) is 45.6 Å². The van der Waals surface area contributed by atoms with Crippen molar-refractivity contribution in [2.24, 2.45) is 0 Å². The molecule has 1 amide bonds. The standard InChI is InChI=1S/C13H27N3O/c1-3-14-11-12-7-5-6-9-16(12)10-8-13(17)15-4-2/h12,14H,3-11H2,1-2H3,(H,15,17). The molecule has 1 unspecified atom stereocenters. The van der Waals surface area contributed by atoms with Gasteiger partial charge in [0, 0.05) is 32.1 Å². The summed E-state index contributed by atoms with van der Waals surface area (Å²) < 4.78 is 0. The van der Waals surface area contributed by atoms with E-state index in [1.165, 1.54) is 19.3 Å². The average molecular weight is 241 g/mol. The highest BCUT2D eigenvalue weighted by molar-refractivity contribution is 5.75. The third-order valence-corrected chi connectivity index (χ3v) is 3.38. The maximum atomic E-state index is 11.5. The molecular weight excluding hydrogens is 214 g/mol. The first-order chi connectivity index (χ1) is 8.27. The number of amides is 1. The highest BCUT2D eigenvalue weighted by Gasteiger charge is 2.21. The molecule has 1 heterocycles. The second-order valence-corrected chi connectivity index (χ2v) is 4.70. The van der Waals surface area contributed by atoms with Crippen LogP contribution in [0.4, 0.5) is 0 Å². The molecule has 0 aromatic rings. The molecule has 1 aliphatic heterocycles. The fourth-order valence-corrected chi connectivity index (χ4v) is 2.43. The fourth-order valence-electron chi connectivity index (χ4n) is 2.43. The topological polar surface area (TPSA) is 44.4 Å². The first-order valence-corrected chi connectivity index (χ1v) is 6.99. The van der Waals surface area contributed by atoms with Crippen LogP contribution in [0.1, 0.15) is 39.5 Å². The Morgan fingerprint density at radius 3 is 2.82 bits per heavy atom. The minimum atomic E-state index is 0.181. The molecule has 1 atom stereocenters. The number of rotatable bonds is 7. The minimum absolute atomic E-state index is 0.181. The van der Waals surface area contributed by atoms with Crippen LogP contribution >= 0.6 is 0 Å². The van der Waals surface area contributed by atoms with Gasteiger partial charge in [-0.2, -0.15) is 0 Å². The predicted octanol–water partition coefficient (Wildman–Crippen LogP) is 0.977. The van der Waals surface area contributed by atoms with Gasteiger partial charge in [0.15, 0.2) is 0 Å². The lowest BCUT2D eigenvalue weighted by atomic mass is 10.0. The Hall–Kier alpha value is -0.610. The van der Waals surface area contributed by atoms with E-state index in [4.69, 9.17) is 0 Å². The van der Waals surface area contributed by atoms with Crippen molar-refractivity contribution in [1.82, 2.24) is 15.5 Å². The van der Waals surface area contributed by atoms with Crippen molar-refractivity contribution in [1.29, 1.82) is 0 Å². The van der Waals surface area contributed by atoms with Crippen molar-refractivity contribution >= 4 is 5.91 Å². The summed E-state index contributed by atoms with van der Waals surface area (Å²) in [4.78, 5) is 13.9. The highest BCUT2D eigenvalue weighted by Crippen LogP contribution is 2.16. The molecule has 100 valence electrons. The summed E-state index contributed by atoms with van der Waals surface area (Å²) in [6, 6.07) is 0.623. The zero-order valence-electron chi connectivity index (χ0n) is 11.3. The number of hydrogen-bond donors (Lipinski definition) is 2. The molecule has 1 rings (SSSR count). The number of hydrogen-bond acceptors (Lipinski definition) is 3. The van der Waals surface area contributed by atoms with E-state index >= 15 is 0 Å². The van der Waals surface area contributed by atoms with E-state index < -0.39 is 0 Å². The maximum Gasteiger partial charge on any atom is 0.221 e. The van der Waals surface area contributed by atoms with Crippen molar-refractivity contribution in [3.8, 4) is 0 Å². The molecule has 1 saturated heterocycles. The van der Waals surface area contributed by atoms with Crippen molar-refractivity contribution in [3.63, 3.8) is 0 Å². The van der Waals surface area contributed by atoms with E-state index in [9.17, 15) is 4.79 Å². The van der Waals surface area contributed by atoms with Gasteiger partial charge >= 0.3 is 0 Å². The van der Waals surface area contributed by atoms with Crippen LogP contribution in [-0.4, -0.2) is 49.6 Å². The second kappa shape index (κ2) is 8.48. The Morgan fingerprint density at radius 1 is 1.29 bits per heavy atom. The van der Waals surface area contributed by atoms with E-state index in [1.54, 1.807) is 0 Å². The Balaban J connectivity index is 2.29. The van der Waals surface area contributed by atoms with Crippen LogP contribution in [0.3, 0.4) is 0 Å². The van der Waals surface area contributed by atoms with Gasteiger partial charge in [0.25, 0.3) is 0 Å². The number of carbonyl (C=O) groups excluding carboxylic acids is 1. The van der Waals surface area contributed by atoms with Gasteiger partial charge in [-0.05, 0) is 32.9 Å². The van der Waals surface area contributed by atoms with Gasteiger partial charge in [0.1, 0.15) is 0 Å². The molecule has 0 aromatic heterocycles. The van der Waals surface area contributed by atoms with Crippen molar-refractivity contribution in [2.75, 3.05) is 32.7 Å². The highest BCUT2D eigenvalue weighted by atomic mass is 16.1. The lowest BCUT2D eigenvalue weighted by Crippen LogP contribution is -2.46. The normalized spacial score (nSPS) is 21.4. The molecule has 0 spiro atoms. The summed E-state index contributed by atoms with van der Waals surface area (Å²) in [5, 5.41) is 6.28. The van der Waals surface area contributed by atoms with Crippen LogP contribution in [0.2, 0.25) is 0 Å². The second-order valence-electron chi connectivity index (χ2n) is 4.70. The van der Waals surface area contributed by atoms with Crippen LogP contribution < -0.4 is 10.6 Å². The predicted molar refractivity (Wildman–Crippen MR) is 71.1 cm³/mol. The quantitative estimate of drug-likeness (QED) is 0.698. The third kappa shape index (κ3) is 5.50. The average Bonchev–Trinajstić information content (AvgIpc) is 2.35. The molecule has 1 fully saturated rings. The van der Waals surface area contributed by atoms with Gasteiger partial charge in [0.05, 0.1) is 0 Å². The molecule has 4 nitrogen and oxygen atoms in total. The molecule has 2 N–H and O–H groups in total. The molecular formula is C13H27N3O. The molecule has 0 aliphatic carbocycles. The van der Waals surface area contributed by atoms with Crippen molar-refractivity contribution in [3.05, 3.63) is 0 Å². The lowest BCUT2D eigenvalue weighted by Gasteiger charge is -2.35. The summed E-state index contributed by atoms with van der Waals surface area (Å²) >= 11 is 0. The van der Waals surface area contributed by atoms with E-state index in [0.29, 0.717) is 12.5 Å². The maximum absolute atomic E-state index is 11.5. The van der Waals surface area contributed by atoms with Crippen LogP contribution in [0, 0.1) is 0 Å². The first kappa shape index (κ1) is 14.5. The summed E-state index contributed by atoms with van der Waals surface area (Å²) in [6.45, 7) is 8.98. The molecule has 0 bridgehead atoms. The van der Waals surface area contributed by atoms with Crippen LogP contribution in [0.5, 0.6) is 0 Å². The number of carbonyl (C=O) groups is 1. The molecule has 4 heteroatoms. The molecule has 0 aromatic carbocycles. The number of piperidine rings is 1. The minimum Gasteiger partial charge on any atom is -0.356 e. The van der Waals surface area contributed by atoms with E-state index in [2.05, 4.69) is 22.5 Å². The van der Waals surface area contributed by atoms with E-state index in [-0.39, 0.29) is 5.91 Å². The summed E-state index contributed by atoms with van der Waals surface area (Å²) in [5.41, 5.74) is 0. The largest absolute Gasteiger partial charge is 0.356 e. The molecule has 17 heavy (non-hydrogen) atoms. The Kier molecular flexibility index (Phi) is 7.21. The Labute approximate surface area is 105 Å². The molecule has 0 radical (unpaired) electrons. The zero-order chi connectivity index (χ0) is 12.5. The summed E-state index contributed by atoms with van der Waals surface area (Å²) in [5.74, 6) is 0.181. The SMILES string of the molecule is CCNCC1CCCCN1CCC(=O)NCC. The van der Waals surface area contributed by atoms with Gasteiger partial charge in [0.2, 0.25) is 5.91 Å². The van der Waals surface area contributed by atoms with Crippen LogP contribution in [0.15, 0.2) is 0 Å². The Morgan fingerprint density at radius 2 is 2.12 bits per heavy atom. The summed E-state index contributed by atoms with van der Waals surface area (Å²) in [6.07, 6.45) is 4.50. The Bertz CT molecular complexity index is 221. The fraction of sp³-hybridized carbons (Fsp3) is 0.923. The number of likely N-dealkylation sites (tertiary alicyclic amines) is 1. The van der Waals surface area contributed by atoms with Crippen LogP contribution in [-0.2, 0) is 4.79 Å². The van der Waals surface area contributed by atoms with Gasteiger partial charge < -0.3 is 10.6 Å². The van der Waals surface area contributed by atoms with Gasteiger partial charge in [-0.25, -0.2) is 0 Å². The number of nitrogens with zero attached hydrogens (tertiary/aromatic N) is 1. The summed E-state index contributed by atoms with van der Waals surface area (Å²) in [7, 11) is 0. The zero-order valence-corrected chi connectivity index (χ0v) is 11.3. The molecule has 1 aliphatic rings. The van der Waals surface area contributed by atoms with E-state index in [0.717, 1.165) is 32.7 Å². The van der Waals surface area contributed by atoms with Gasteiger partial charge in [-0.1, -0.05) is 13.3 Å². The smallest absolute Gasteiger partial charge is 0.221 e. The first-order valence-electron chi connectivity index (χ1n) is 6.99. The van der Waals surface area contributed by atoms with E-state index in [1.807, 2.05) is 6.92 Å². The van der Waals surface area contributed by atoms with Crippen LogP contribution in [0.25, 0.3) is 0 Å². The third-order valence-electron chi connectivity index (χ3n) is 3.38. The number of likely N-dealkylation sites (N-methyl/N-ethyl adjacent to an activating group) is 1. The van der Waals surface area contributed by atoms with Crippen molar-refractivity contribution < 1.29 is 4.79 Å². The number of nitrogens with one attached hydrogen (secondary N) is 2.